The molecule has 1 aliphatic heterocycles. The largest absolute Gasteiger partial charge is 0.381 e. The number of aromatic nitrogens is 1. The zero-order valence-corrected chi connectivity index (χ0v) is 7.38. The lowest BCUT2D eigenvalue weighted by Gasteiger charge is -1.98. The van der Waals surface area contributed by atoms with Gasteiger partial charge in [-0.2, -0.15) is 0 Å². The fourth-order valence-electron chi connectivity index (χ4n) is 1.34. The second kappa shape index (κ2) is 3.46. The highest BCUT2D eigenvalue weighted by molar-refractivity contribution is 6.16. The summed E-state index contributed by atoms with van der Waals surface area (Å²) >= 11 is 5.59. The van der Waals surface area contributed by atoms with Crippen molar-refractivity contribution in [2.24, 2.45) is 0 Å². The Bertz CT molecular complexity index is 255. The van der Waals surface area contributed by atoms with Gasteiger partial charge in [0.15, 0.2) is 0 Å². The predicted octanol–water partition coefficient (Wildman–Crippen LogP) is 1.92. The molecule has 1 aromatic rings. The van der Waals surface area contributed by atoms with Crippen LogP contribution >= 0.6 is 11.6 Å². The van der Waals surface area contributed by atoms with E-state index in [4.69, 9.17) is 20.9 Å². The topological polar surface area (TPSA) is 35.3 Å². The number of ether oxygens (including phenoxy) is 1. The van der Waals surface area contributed by atoms with E-state index in [0.29, 0.717) is 11.8 Å². The molecule has 4 heteroatoms. The van der Waals surface area contributed by atoms with Gasteiger partial charge in [0.05, 0.1) is 18.2 Å². The van der Waals surface area contributed by atoms with Crippen LogP contribution in [0.1, 0.15) is 23.8 Å². The van der Waals surface area contributed by atoms with E-state index in [2.05, 4.69) is 5.16 Å². The van der Waals surface area contributed by atoms with Gasteiger partial charge in [0.25, 0.3) is 0 Å². The van der Waals surface area contributed by atoms with Crippen molar-refractivity contribution < 1.29 is 9.26 Å². The summed E-state index contributed by atoms with van der Waals surface area (Å²) in [6.45, 7) is 1.57. The molecule has 2 heterocycles. The Balaban J connectivity index is 2.11. The van der Waals surface area contributed by atoms with Crippen LogP contribution in [0.15, 0.2) is 10.6 Å². The first kappa shape index (κ1) is 8.08. The Morgan fingerprint density at radius 3 is 3.17 bits per heavy atom. The molecule has 1 aliphatic rings. The fourth-order valence-corrected chi connectivity index (χ4v) is 1.47. The van der Waals surface area contributed by atoms with Crippen LogP contribution in [0.5, 0.6) is 0 Å². The molecule has 0 aliphatic carbocycles. The molecule has 1 atom stereocenters. The normalized spacial score (nSPS) is 23.2. The molecule has 1 aromatic heterocycles. The number of rotatable bonds is 2. The summed E-state index contributed by atoms with van der Waals surface area (Å²) in [6.07, 6.45) is 1.02. The van der Waals surface area contributed by atoms with Gasteiger partial charge < -0.3 is 9.26 Å². The molecule has 0 bridgehead atoms. The number of halogens is 1. The van der Waals surface area contributed by atoms with Crippen LogP contribution in [-0.4, -0.2) is 18.4 Å². The lowest BCUT2D eigenvalue weighted by molar-refractivity contribution is 0.190. The number of nitrogens with zero attached hydrogens (tertiary/aromatic N) is 1. The van der Waals surface area contributed by atoms with Crippen molar-refractivity contribution in [3.8, 4) is 0 Å². The van der Waals surface area contributed by atoms with E-state index < -0.39 is 0 Å². The first-order valence-electron chi connectivity index (χ1n) is 3.99. The van der Waals surface area contributed by atoms with Crippen molar-refractivity contribution in [1.82, 2.24) is 5.16 Å². The van der Waals surface area contributed by atoms with Gasteiger partial charge in [0.2, 0.25) is 0 Å². The molecule has 0 radical (unpaired) electrons. The second-order valence-electron chi connectivity index (χ2n) is 2.91. The molecular formula is C8H10ClNO2. The van der Waals surface area contributed by atoms with Gasteiger partial charge in [-0.1, -0.05) is 5.16 Å². The maximum Gasteiger partial charge on any atom is 0.142 e. The summed E-state index contributed by atoms with van der Waals surface area (Å²) in [6, 6.07) is 1.91. The van der Waals surface area contributed by atoms with E-state index in [9.17, 15) is 0 Å². The molecule has 2 rings (SSSR count). The van der Waals surface area contributed by atoms with Crippen LogP contribution in [-0.2, 0) is 10.6 Å². The summed E-state index contributed by atoms with van der Waals surface area (Å²) in [5.41, 5.74) is 0.804. The Labute approximate surface area is 75.6 Å². The van der Waals surface area contributed by atoms with E-state index >= 15 is 0 Å². The van der Waals surface area contributed by atoms with Crippen LogP contribution in [0.25, 0.3) is 0 Å². The van der Waals surface area contributed by atoms with Gasteiger partial charge >= 0.3 is 0 Å². The first-order valence-corrected chi connectivity index (χ1v) is 4.53. The third-order valence-electron chi connectivity index (χ3n) is 2.05. The van der Waals surface area contributed by atoms with Gasteiger partial charge in [-0.3, -0.25) is 0 Å². The Kier molecular flexibility index (Phi) is 2.33. The van der Waals surface area contributed by atoms with Crippen LogP contribution in [0, 0.1) is 0 Å². The maximum absolute atomic E-state index is 5.59. The van der Waals surface area contributed by atoms with Gasteiger partial charge in [-0.25, -0.2) is 0 Å². The Morgan fingerprint density at radius 1 is 1.67 bits per heavy atom. The van der Waals surface area contributed by atoms with Gasteiger partial charge in [0.1, 0.15) is 5.76 Å². The molecule has 12 heavy (non-hydrogen) atoms. The highest BCUT2D eigenvalue weighted by Crippen LogP contribution is 2.25. The maximum atomic E-state index is 5.59. The molecule has 1 saturated heterocycles. The predicted molar refractivity (Wildman–Crippen MR) is 44.2 cm³/mol. The second-order valence-corrected chi connectivity index (χ2v) is 3.18. The summed E-state index contributed by atoms with van der Waals surface area (Å²) in [5.74, 6) is 1.70. The minimum absolute atomic E-state index is 0.384. The van der Waals surface area contributed by atoms with Crippen molar-refractivity contribution in [3.63, 3.8) is 0 Å². The van der Waals surface area contributed by atoms with Crippen LogP contribution in [0.3, 0.4) is 0 Å². The first-order chi connectivity index (χ1) is 5.90. The zero-order chi connectivity index (χ0) is 8.39. The molecule has 0 aromatic carbocycles. The molecule has 0 amide bonds. The Hall–Kier alpha value is -0.540. The quantitative estimate of drug-likeness (QED) is 0.664. The summed E-state index contributed by atoms with van der Waals surface area (Å²) in [4.78, 5) is 0. The zero-order valence-electron chi connectivity index (χ0n) is 6.62. The molecule has 1 fully saturated rings. The SMILES string of the molecule is ClCc1cc(C2CCOC2)on1. The van der Waals surface area contributed by atoms with Crippen molar-refractivity contribution in [3.05, 3.63) is 17.5 Å². The fraction of sp³-hybridized carbons (Fsp3) is 0.625. The molecule has 0 N–H and O–H groups in total. The van der Waals surface area contributed by atoms with E-state index in [1.54, 1.807) is 0 Å². The van der Waals surface area contributed by atoms with Crippen molar-refractivity contribution >= 4 is 11.6 Å². The van der Waals surface area contributed by atoms with Crippen LogP contribution < -0.4 is 0 Å². The molecule has 0 saturated carbocycles. The molecule has 3 nitrogen and oxygen atoms in total. The number of hydrogen-bond donors (Lipinski definition) is 0. The molecule has 66 valence electrons. The molecule has 1 unspecified atom stereocenters. The summed E-state index contributed by atoms with van der Waals surface area (Å²) < 4.78 is 10.4. The van der Waals surface area contributed by atoms with Crippen molar-refractivity contribution in [1.29, 1.82) is 0 Å². The Morgan fingerprint density at radius 2 is 2.58 bits per heavy atom. The average molecular weight is 188 g/mol. The minimum Gasteiger partial charge on any atom is -0.381 e. The minimum atomic E-state index is 0.384. The third-order valence-corrected chi connectivity index (χ3v) is 2.32. The molecule has 0 spiro atoms. The van der Waals surface area contributed by atoms with E-state index in [-0.39, 0.29) is 0 Å². The van der Waals surface area contributed by atoms with Crippen molar-refractivity contribution in [2.45, 2.75) is 18.2 Å². The standard InChI is InChI=1S/C8H10ClNO2/c9-4-7-3-8(12-10-7)6-1-2-11-5-6/h3,6H,1-2,4-5H2. The highest BCUT2D eigenvalue weighted by atomic mass is 35.5. The number of alkyl halides is 1. The van der Waals surface area contributed by atoms with Crippen LogP contribution in [0.4, 0.5) is 0 Å². The molecular weight excluding hydrogens is 178 g/mol. The van der Waals surface area contributed by atoms with Gasteiger partial charge in [0, 0.05) is 18.6 Å². The van der Waals surface area contributed by atoms with E-state index in [1.165, 1.54) is 0 Å². The lowest BCUT2D eigenvalue weighted by Crippen LogP contribution is -1.94. The number of hydrogen-bond acceptors (Lipinski definition) is 3. The summed E-state index contributed by atoms with van der Waals surface area (Å²) in [5, 5.41) is 3.82. The lowest BCUT2D eigenvalue weighted by atomic mass is 10.1. The highest BCUT2D eigenvalue weighted by Gasteiger charge is 2.21. The van der Waals surface area contributed by atoms with Gasteiger partial charge in [-0.15, -0.1) is 11.6 Å². The summed E-state index contributed by atoms with van der Waals surface area (Å²) in [7, 11) is 0. The van der Waals surface area contributed by atoms with Crippen LogP contribution in [0.2, 0.25) is 0 Å². The monoisotopic (exact) mass is 187 g/mol. The van der Waals surface area contributed by atoms with E-state index in [0.717, 1.165) is 31.1 Å². The van der Waals surface area contributed by atoms with Gasteiger partial charge in [-0.05, 0) is 6.42 Å². The van der Waals surface area contributed by atoms with E-state index in [1.807, 2.05) is 6.07 Å². The third kappa shape index (κ3) is 1.47. The van der Waals surface area contributed by atoms with Crippen molar-refractivity contribution in [2.75, 3.05) is 13.2 Å². The average Bonchev–Trinajstić information content (AvgIpc) is 2.75. The smallest absolute Gasteiger partial charge is 0.142 e.